The Labute approximate surface area is 152 Å². The van der Waals surface area contributed by atoms with Crippen LogP contribution in [0.2, 0.25) is 0 Å². The minimum atomic E-state index is -1.14. The predicted molar refractivity (Wildman–Crippen MR) is 94.4 cm³/mol. The van der Waals surface area contributed by atoms with Gasteiger partial charge in [-0.05, 0) is 23.3 Å². The summed E-state index contributed by atoms with van der Waals surface area (Å²) in [4.78, 5) is 38.6. The van der Waals surface area contributed by atoms with Crippen LogP contribution in [0, 0.1) is 10.1 Å². The monoisotopic (exact) mass is 369 g/mol. The Morgan fingerprint density at radius 1 is 1.26 bits per heavy atom. The number of nitrogens with two attached hydrogens (primary N) is 1. The summed E-state index contributed by atoms with van der Waals surface area (Å²) in [5.74, 6) is -2.18. The lowest BCUT2D eigenvalue weighted by Gasteiger charge is -2.13. The van der Waals surface area contributed by atoms with E-state index in [1.807, 2.05) is 30.3 Å². The van der Waals surface area contributed by atoms with Gasteiger partial charge in [0, 0.05) is 6.07 Å². The molecule has 0 aliphatic heterocycles. The largest absolute Gasteiger partial charge is 0.507 e. The highest BCUT2D eigenvalue weighted by Crippen LogP contribution is 2.19. The fourth-order valence-corrected chi connectivity index (χ4v) is 2.77. The topological polar surface area (TPSA) is 146 Å². The van der Waals surface area contributed by atoms with Gasteiger partial charge < -0.3 is 21.0 Å². The molecule has 2 aromatic heterocycles. The quantitative estimate of drug-likeness (QED) is 0.486. The van der Waals surface area contributed by atoms with E-state index in [2.05, 4.69) is 4.98 Å². The fourth-order valence-electron chi connectivity index (χ4n) is 2.77. The first-order valence-electron chi connectivity index (χ1n) is 7.89. The van der Waals surface area contributed by atoms with Crippen LogP contribution in [-0.4, -0.2) is 30.3 Å². The lowest BCUT2D eigenvalue weighted by atomic mass is 10.1. The molecule has 1 amide bonds. The van der Waals surface area contributed by atoms with Crippen LogP contribution in [0.1, 0.15) is 21.6 Å². The van der Waals surface area contributed by atoms with Gasteiger partial charge in [0.25, 0.3) is 5.91 Å². The van der Waals surface area contributed by atoms with Crippen LogP contribution in [-0.2, 0) is 12.8 Å². The van der Waals surface area contributed by atoms with Crippen LogP contribution in [0.3, 0.4) is 0 Å². The molecular weight excluding hydrogens is 354 g/mol. The molecule has 3 aromatic rings. The molecule has 0 spiro atoms. The summed E-state index contributed by atoms with van der Waals surface area (Å²) in [5.41, 5.74) is 4.79. The van der Waals surface area contributed by atoms with Gasteiger partial charge in [-0.25, -0.2) is 4.98 Å². The van der Waals surface area contributed by atoms with Gasteiger partial charge in [0.2, 0.25) is 6.33 Å². The second kappa shape index (κ2) is 7.12. The van der Waals surface area contributed by atoms with Gasteiger partial charge in [-0.2, -0.15) is 0 Å². The van der Waals surface area contributed by atoms with Crippen molar-refractivity contribution in [1.29, 1.82) is 0 Å². The molecule has 2 heterocycles. The number of hydrogen-bond acceptors (Lipinski definition) is 6. The minimum Gasteiger partial charge on any atom is -0.507 e. The number of amides is 1. The summed E-state index contributed by atoms with van der Waals surface area (Å²) in [5, 5.41) is 21.3. The number of benzene rings is 1. The molecule has 0 saturated carbocycles. The number of aromatic hydroxyl groups is 1. The lowest BCUT2D eigenvalue weighted by molar-refractivity contribution is -0.392. The third-order valence-electron chi connectivity index (χ3n) is 4.00. The van der Waals surface area contributed by atoms with E-state index in [-0.39, 0.29) is 12.1 Å². The van der Waals surface area contributed by atoms with Crippen molar-refractivity contribution >= 4 is 11.7 Å². The average Bonchev–Trinajstić information content (AvgIpc) is 3.09. The van der Waals surface area contributed by atoms with E-state index in [9.17, 15) is 24.8 Å². The number of rotatable bonds is 6. The van der Waals surface area contributed by atoms with E-state index in [0.29, 0.717) is 6.42 Å². The van der Waals surface area contributed by atoms with E-state index < -0.39 is 33.5 Å². The zero-order valence-electron chi connectivity index (χ0n) is 14.0. The van der Waals surface area contributed by atoms with Crippen LogP contribution in [0.4, 0.5) is 5.82 Å². The highest BCUT2D eigenvalue weighted by atomic mass is 16.6. The number of nitrogens with zero attached hydrogens (tertiary/aromatic N) is 4. The summed E-state index contributed by atoms with van der Waals surface area (Å²) in [7, 11) is 0. The van der Waals surface area contributed by atoms with Gasteiger partial charge in [-0.15, -0.1) is 4.68 Å². The highest BCUT2D eigenvalue weighted by Gasteiger charge is 2.25. The Bertz CT molecular complexity index is 1070. The molecule has 3 N–H and O–H groups in total. The number of pyridine rings is 1. The van der Waals surface area contributed by atoms with Crippen molar-refractivity contribution in [1.82, 2.24) is 14.3 Å². The standard InChI is InChI=1S/C17H15N5O5/c18-16(24)15-13(23)8-12(7-6-11-4-2-1-3-5-11)21(17(15)25)20-10-19-9-14(20)22(26)27/h1-5,8-10,23H,6-7H2,(H2,18,24). The van der Waals surface area contributed by atoms with Gasteiger partial charge in [0.1, 0.15) is 17.5 Å². The number of hydrogen-bond donors (Lipinski definition) is 2. The second-order valence-electron chi connectivity index (χ2n) is 5.72. The van der Waals surface area contributed by atoms with Gasteiger partial charge in [0.15, 0.2) is 0 Å². The summed E-state index contributed by atoms with van der Waals surface area (Å²) < 4.78 is 1.84. The third-order valence-corrected chi connectivity index (χ3v) is 4.00. The van der Waals surface area contributed by atoms with Gasteiger partial charge >= 0.3 is 11.4 Å². The number of aromatic nitrogens is 3. The number of imidazole rings is 1. The number of primary amides is 1. The Kier molecular flexibility index (Phi) is 4.71. The van der Waals surface area contributed by atoms with E-state index >= 15 is 0 Å². The molecule has 10 heteroatoms. The van der Waals surface area contributed by atoms with E-state index in [4.69, 9.17) is 5.73 Å². The Morgan fingerprint density at radius 3 is 2.59 bits per heavy atom. The molecular formula is C17H15N5O5. The first-order chi connectivity index (χ1) is 12.9. The maximum absolute atomic E-state index is 12.8. The molecule has 10 nitrogen and oxygen atoms in total. The van der Waals surface area contributed by atoms with Gasteiger partial charge in [-0.3, -0.25) is 9.59 Å². The number of nitro groups is 1. The third kappa shape index (κ3) is 3.40. The van der Waals surface area contributed by atoms with Crippen molar-refractivity contribution in [2.24, 2.45) is 5.73 Å². The highest BCUT2D eigenvalue weighted by molar-refractivity contribution is 5.95. The number of carbonyl (C=O) groups is 1. The second-order valence-corrected chi connectivity index (χ2v) is 5.72. The van der Waals surface area contributed by atoms with E-state index in [0.717, 1.165) is 27.4 Å². The zero-order valence-corrected chi connectivity index (χ0v) is 14.0. The van der Waals surface area contributed by atoms with Crippen LogP contribution in [0.15, 0.2) is 53.7 Å². The molecule has 1 aromatic carbocycles. The zero-order chi connectivity index (χ0) is 19.6. The molecule has 0 atom stereocenters. The first-order valence-corrected chi connectivity index (χ1v) is 7.89. The summed E-state index contributed by atoms with van der Waals surface area (Å²) >= 11 is 0. The SMILES string of the molecule is NC(=O)c1c(O)cc(CCc2ccccc2)n(-n2cncc2[N+](=O)[O-])c1=O. The van der Waals surface area contributed by atoms with Crippen LogP contribution in [0.5, 0.6) is 5.75 Å². The van der Waals surface area contributed by atoms with Crippen molar-refractivity contribution in [3.63, 3.8) is 0 Å². The van der Waals surface area contributed by atoms with Gasteiger partial charge in [-0.1, -0.05) is 35.0 Å². The molecule has 0 bridgehead atoms. The maximum atomic E-state index is 12.8. The number of aryl methyl sites for hydroxylation is 2. The van der Waals surface area contributed by atoms with Crippen molar-refractivity contribution in [2.75, 3.05) is 0 Å². The average molecular weight is 369 g/mol. The van der Waals surface area contributed by atoms with Crippen LogP contribution in [0.25, 0.3) is 0 Å². The molecule has 0 fully saturated rings. The smallest absolute Gasteiger partial charge is 0.366 e. The lowest BCUT2D eigenvalue weighted by Crippen LogP contribution is -2.35. The molecule has 138 valence electrons. The van der Waals surface area contributed by atoms with Crippen molar-refractivity contribution in [3.05, 3.63) is 86.2 Å². The predicted octanol–water partition coefficient (Wildman–Crippen LogP) is 0.854. The fraction of sp³-hybridized carbons (Fsp3) is 0.118. The van der Waals surface area contributed by atoms with E-state index in [1.54, 1.807) is 0 Å². The minimum absolute atomic E-state index is 0.257. The Morgan fingerprint density at radius 2 is 1.96 bits per heavy atom. The molecule has 27 heavy (non-hydrogen) atoms. The van der Waals surface area contributed by atoms with Crippen molar-refractivity contribution in [2.45, 2.75) is 12.8 Å². The molecule has 0 unspecified atom stereocenters. The molecule has 0 aliphatic rings. The van der Waals surface area contributed by atoms with Crippen molar-refractivity contribution in [3.8, 4) is 5.75 Å². The molecule has 3 rings (SSSR count). The summed E-state index contributed by atoms with van der Waals surface area (Å²) in [6.45, 7) is 0. The molecule has 0 radical (unpaired) electrons. The Hall–Kier alpha value is -3.95. The molecule has 0 aliphatic carbocycles. The van der Waals surface area contributed by atoms with Crippen molar-refractivity contribution < 1.29 is 14.8 Å². The van der Waals surface area contributed by atoms with Crippen LogP contribution >= 0.6 is 0 Å². The number of carbonyl (C=O) groups excluding carboxylic acids is 1. The molecule has 0 saturated heterocycles. The van der Waals surface area contributed by atoms with E-state index in [1.165, 1.54) is 6.07 Å². The van der Waals surface area contributed by atoms with Crippen LogP contribution < -0.4 is 11.3 Å². The van der Waals surface area contributed by atoms with Gasteiger partial charge in [0.05, 0.1) is 5.69 Å². The maximum Gasteiger partial charge on any atom is 0.366 e. The summed E-state index contributed by atoms with van der Waals surface area (Å²) in [6, 6.07) is 10.6. The normalized spacial score (nSPS) is 10.7. The Balaban J connectivity index is 2.17. The summed E-state index contributed by atoms with van der Waals surface area (Å²) in [6.07, 6.45) is 2.82. The first kappa shape index (κ1) is 17.9.